The van der Waals surface area contributed by atoms with Crippen LogP contribution < -0.4 is 5.32 Å². The van der Waals surface area contributed by atoms with E-state index in [1.165, 1.54) is 19.3 Å². The Labute approximate surface area is 135 Å². The van der Waals surface area contributed by atoms with Crippen molar-refractivity contribution in [1.29, 1.82) is 5.26 Å². The number of benzene rings is 1. The molecule has 1 amide bonds. The second kappa shape index (κ2) is 7.05. The largest absolute Gasteiger partial charge is 0.345 e. The summed E-state index contributed by atoms with van der Waals surface area (Å²) in [4.78, 5) is 12.2. The van der Waals surface area contributed by atoms with Crippen molar-refractivity contribution >= 4 is 5.91 Å². The quantitative estimate of drug-likeness (QED) is 0.941. The number of amides is 1. The lowest BCUT2D eigenvalue weighted by Gasteiger charge is -2.24. The highest BCUT2D eigenvalue weighted by molar-refractivity contribution is 5.94. The van der Waals surface area contributed by atoms with Gasteiger partial charge in [-0.05, 0) is 31.0 Å². The van der Waals surface area contributed by atoms with E-state index in [-0.39, 0.29) is 5.91 Å². The fourth-order valence-electron chi connectivity index (χ4n) is 3.05. The van der Waals surface area contributed by atoms with Gasteiger partial charge in [-0.15, -0.1) is 10.2 Å². The van der Waals surface area contributed by atoms with Gasteiger partial charge in [0, 0.05) is 11.6 Å². The zero-order chi connectivity index (χ0) is 16.1. The van der Waals surface area contributed by atoms with Gasteiger partial charge in [0.2, 0.25) is 0 Å². The minimum atomic E-state index is -0.208. The Bertz CT molecular complexity index is 725. The number of nitriles is 1. The van der Waals surface area contributed by atoms with E-state index in [0.717, 1.165) is 18.7 Å². The number of rotatable bonds is 4. The molecule has 0 bridgehead atoms. The lowest BCUT2D eigenvalue weighted by molar-refractivity contribution is 0.0949. The molecule has 1 aliphatic rings. The molecule has 1 saturated carbocycles. The van der Waals surface area contributed by atoms with Crippen molar-refractivity contribution < 1.29 is 4.79 Å². The van der Waals surface area contributed by atoms with Crippen molar-refractivity contribution in [3.05, 3.63) is 47.5 Å². The van der Waals surface area contributed by atoms with Gasteiger partial charge in [-0.3, -0.25) is 4.79 Å². The molecular formula is C17H19N5O. The molecule has 23 heavy (non-hydrogen) atoms. The number of carbonyl (C=O) groups is 1. The standard InChI is InChI=1S/C17H19N5O/c18-10-13-5-4-6-14(9-13)17(23)19-11-16-21-20-12-22(16)15-7-2-1-3-8-15/h4-6,9,12,15H,1-3,7-8,11H2,(H,19,23). The van der Waals surface area contributed by atoms with Gasteiger partial charge in [0.05, 0.1) is 18.2 Å². The van der Waals surface area contributed by atoms with Crippen LogP contribution in [0.15, 0.2) is 30.6 Å². The van der Waals surface area contributed by atoms with Crippen molar-refractivity contribution in [3.8, 4) is 6.07 Å². The Hall–Kier alpha value is -2.68. The van der Waals surface area contributed by atoms with Gasteiger partial charge in [0.1, 0.15) is 6.33 Å². The van der Waals surface area contributed by atoms with E-state index in [9.17, 15) is 4.79 Å². The monoisotopic (exact) mass is 309 g/mol. The molecule has 2 aromatic rings. The molecule has 118 valence electrons. The number of aromatic nitrogens is 3. The molecule has 1 aromatic heterocycles. The molecule has 1 fully saturated rings. The van der Waals surface area contributed by atoms with Crippen molar-refractivity contribution in [1.82, 2.24) is 20.1 Å². The molecule has 1 aliphatic carbocycles. The van der Waals surface area contributed by atoms with Crippen LogP contribution in [-0.4, -0.2) is 20.7 Å². The molecule has 6 heteroatoms. The Morgan fingerprint density at radius 1 is 1.35 bits per heavy atom. The molecule has 1 heterocycles. The van der Waals surface area contributed by atoms with E-state index in [0.29, 0.717) is 23.7 Å². The first-order valence-electron chi connectivity index (χ1n) is 7.94. The maximum atomic E-state index is 12.2. The summed E-state index contributed by atoms with van der Waals surface area (Å²) in [7, 11) is 0. The molecule has 1 aromatic carbocycles. The highest BCUT2D eigenvalue weighted by Crippen LogP contribution is 2.28. The fourth-order valence-corrected chi connectivity index (χ4v) is 3.05. The Morgan fingerprint density at radius 3 is 2.96 bits per heavy atom. The average Bonchev–Trinajstić information content (AvgIpc) is 3.09. The summed E-state index contributed by atoms with van der Waals surface area (Å²) >= 11 is 0. The molecular weight excluding hydrogens is 290 g/mol. The smallest absolute Gasteiger partial charge is 0.251 e. The summed E-state index contributed by atoms with van der Waals surface area (Å²) in [5.41, 5.74) is 0.954. The first-order valence-corrected chi connectivity index (χ1v) is 7.94. The second-order valence-electron chi connectivity index (χ2n) is 5.82. The lowest BCUT2D eigenvalue weighted by atomic mass is 9.95. The molecule has 0 radical (unpaired) electrons. The summed E-state index contributed by atoms with van der Waals surface area (Å²) < 4.78 is 2.09. The Morgan fingerprint density at radius 2 is 2.17 bits per heavy atom. The molecule has 6 nitrogen and oxygen atoms in total. The van der Waals surface area contributed by atoms with E-state index in [1.54, 1.807) is 30.6 Å². The second-order valence-corrected chi connectivity index (χ2v) is 5.82. The number of hydrogen-bond acceptors (Lipinski definition) is 4. The maximum absolute atomic E-state index is 12.2. The van der Waals surface area contributed by atoms with Crippen LogP contribution in [0.2, 0.25) is 0 Å². The van der Waals surface area contributed by atoms with Gasteiger partial charge in [-0.2, -0.15) is 5.26 Å². The SMILES string of the molecule is N#Cc1cccc(C(=O)NCc2nncn2C2CCCCC2)c1. The van der Waals surface area contributed by atoms with Gasteiger partial charge in [-0.25, -0.2) is 0 Å². The zero-order valence-electron chi connectivity index (χ0n) is 12.9. The van der Waals surface area contributed by atoms with Crippen LogP contribution in [0.5, 0.6) is 0 Å². The van der Waals surface area contributed by atoms with Crippen LogP contribution >= 0.6 is 0 Å². The molecule has 0 aliphatic heterocycles. The molecule has 1 N–H and O–H groups in total. The zero-order valence-corrected chi connectivity index (χ0v) is 12.9. The highest BCUT2D eigenvalue weighted by atomic mass is 16.1. The first-order chi connectivity index (χ1) is 11.3. The van der Waals surface area contributed by atoms with E-state index in [4.69, 9.17) is 5.26 Å². The number of nitrogens with one attached hydrogen (secondary N) is 1. The fraction of sp³-hybridized carbons (Fsp3) is 0.412. The van der Waals surface area contributed by atoms with Crippen LogP contribution in [0.1, 0.15) is 59.9 Å². The third kappa shape index (κ3) is 3.57. The predicted octanol–water partition coefficient (Wildman–Crippen LogP) is 2.58. The highest BCUT2D eigenvalue weighted by Gasteiger charge is 2.18. The molecule has 0 saturated heterocycles. The predicted molar refractivity (Wildman–Crippen MR) is 84.5 cm³/mol. The van der Waals surface area contributed by atoms with Crippen molar-refractivity contribution in [2.45, 2.75) is 44.7 Å². The van der Waals surface area contributed by atoms with Crippen molar-refractivity contribution in [3.63, 3.8) is 0 Å². The average molecular weight is 309 g/mol. The number of hydrogen-bond donors (Lipinski definition) is 1. The summed E-state index contributed by atoms with van der Waals surface area (Å²) in [6.07, 6.45) is 7.80. The van der Waals surface area contributed by atoms with Crippen LogP contribution in [0.4, 0.5) is 0 Å². The number of nitrogens with zero attached hydrogens (tertiary/aromatic N) is 4. The van der Waals surface area contributed by atoms with Crippen molar-refractivity contribution in [2.75, 3.05) is 0 Å². The Kier molecular flexibility index (Phi) is 4.67. The van der Waals surface area contributed by atoms with Gasteiger partial charge >= 0.3 is 0 Å². The molecule has 0 spiro atoms. The lowest BCUT2D eigenvalue weighted by Crippen LogP contribution is -2.26. The summed E-state index contributed by atoms with van der Waals surface area (Å²) in [5.74, 6) is 0.571. The van der Waals surface area contributed by atoms with Crippen molar-refractivity contribution in [2.24, 2.45) is 0 Å². The van der Waals surface area contributed by atoms with Gasteiger partial charge < -0.3 is 9.88 Å². The van der Waals surface area contributed by atoms with E-state index >= 15 is 0 Å². The minimum Gasteiger partial charge on any atom is -0.345 e. The van der Waals surface area contributed by atoms with Gasteiger partial charge in [0.15, 0.2) is 5.82 Å². The maximum Gasteiger partial charge on any atom is 0.251 e. The van der Waals surface area contributed by atoms with Crippen LogP contribution in [0.25, 0.3) is 0 Å². The minimum absolute atomic E-state index is 0.208. The van der Waals surface area contributed by atoms with Gasteiger partial charge in [-0.1, -0.05) is 25.3 Å². The molecule has 3 rings (SSSR count). The first kappa shape index (κ1) is 15.2. The summed E-state index contributed by atoms with van der Waals surface area (Å²) in [6, 6.07) is 9.14. The third-order valence-corrected chi connectivity index (χ3v) is 4.28. The molecule has 0 unspecified atom stereocenters. The van der Waals surface area contributed by atoms with Crippen LogP contribution in [0, 0.1) is 11.3 Å². The normalized spacial score (nSPS) is 15.1. The van der Waals surface area contributed by atoms with E-state index in [2.05, 4.69) is 20.1 Å². The van der Waals surface area contributed by atoms with E-state index < -0.39 is 0 Å². The van der Waals surface area contributed by atoms with Gasteiger partial charge in [0.25, 0.3) is 5.91 Å². The molecule has 0 atom stereocenters. The number of carbonyl (C=O) groups excluding carboxylic acids is 1. The third-order valence-electron chi connectivity index (χ3n) is 4.28. The summed E-state index contributed by atoms with van der Waals surface area (Å²) in [5, 5.41) is 19.9. The van der Waals surface area contributed by atoms with Crippen LogP contribution in [0.3, 0.4) is 0 Å². The van der Waals surface area contributed by atoms with Crippen LogP contribution in [-0.2, 0) is 6.54 Å². The topological polar surface area (TPSA) is 83.6 Å². The van der Waals surface area contributed by atoms with E-state index in [1.807, 2.05) is 6.07 Å². The Balaban J connectivity index is 1.65. The summed E-state index contributed by atoms with van der Waals surface area (Å²) in [6.45, 7) is 0.339.